The number of rotatable bonds is 6. The number of sulfonamides is 1. The van der Waals surface area contributed by atoms with Gasteiger partial charge in [0.2, 0.25) is 15.9 Å². The first-order chi connectivity index (χ1) is 15.3. The van der Waals surface area contributed by atoms with Crippen LogP contribution in [0, 0.1) is 6.92 Å². The predicted octanol–water partition coefficient (Wildman–Crippen LogP) is 3.13. The zero-order valence-corrected chi connectivity index (χ0v) is 19.1. The lowest BCUT2D eigenvalue weighted by Gasteiger charge is -2.25. The molecular weight excluding hydrogens is 430 g/mol. The van der Waals surface area contributed by atoms with Crippen LogP contribution in [0.2, 0.25) is 0 Å². The number of aryl methyl sites for hydroxylation is 1. The van der Waals surface area contributed by atoms with Gasteiger partial charge in [-0.05, 0) is 56.5 Å². The molecule has 2 heterocycles. The van der Waals surface area contributed by atoms with E-state index in [9.17, 15) is 18.0 Å². The molecule has 9 heteroatoms. The molecule has 0 radical (unpaired) electrons. The Kier molecular flexibility index (Phi) is 6.21. The van der Waals surface area contributed by atoms with Gasteiger partial charge in [-0.15, -0.1) is 0 Å². The van der Waals surface area contributed by atoms with Crippen LogP contribution < -0.4 is 10.7 Å². The molecular formula is C23H27N3O5S. The van der Waals surface area contributed by atoms with Crippen LogP contribution >= 0.6 is 0 Å². The fourth-order valence-corrected chi connectivity index (χ4v) is 5.66. The lowest BCUT2D eigenvalue weighted by Crippen LogP contribution is -2.35. The molecule has 170 valence electrons. The van der Waals surface area contributed by atoms with Crippen molar-refractivity contribution in [1.82, 2.24) is 8.87 Å². The monoisotopic (exact) mass is 457 g/mol. The maximum Gasteiger partial charge on any atom is 0.420 e. The molecule has 0 saturated carbocycles. The molecule has 0 spiro atoms. The molecule has 1 aromatic heterocycles. The minimum Gasteiger partial charge on any atom is -0.408 e. The molecule has 1 aliphatic heterocycles. The number of oxazole rings is 1. The Balaban J connectivity index is 1.63. The summed E-state index contributed by atoms with van der Waals surface area (Å²) in [6, 6.07) is 12.0. The Morgan fingerprint density at radius 2 is 1.84 bits per heavy atom. The largest absolute Gasteiger partial charge is 0.420 e. The van der Waals surface area contributed by atoms with Gasteiger partial charge in [0.15, 0.2) is 5.58 Å². The number of anilines is 1. The van der Waals surface area contributed by atoms with Crippen molar-refractivity contribution in [2.24, 2.45) is 0 Å². The van der Waals surface area contributed by atoms with Crippen LogP contribution in [0.5, 0.6) is 0 Å². The lowest BCUT2D eigenvalue weighted by atomic mass is 10.2. The molecule has 3 aromatic rings. The van der Waals surface area contributed by atoms with Crippen LogP contribution in [0.3, 0.4) is 0 Å². The van der Waals surface area contributed by atoms with E-state index in [2.05, 4.69) is 0 Å². The molecule has 0 N–H and O–H groups in total. The minimum absolute atomic E-state index is 0.0917. The van der Waals surface area contributed by atoms with Gasteiger partial charge in [-0.3, -0.25) is 9.36 Å². The van der Waals surface area contributed by atoms with E-state index < -0.39 is 15.8 Å². The second-order valence-corrected chi connectivity index (χ2v) is 9.96. The molecule has 1 amide bonds. The van der Waals surface area contributed by atoms with Crippen molar-refractivity contribution in [2.45, 2.75) is 44.6 Å². The number of fused-ring (bicyclic) bond motifs is 1. The molecule has 1 saturated heterocycles. The van der Waals surface area contributed by atoms with Gasteiger partial charge < -0.3 is 9.32 Å². The third kappa shape index (κ3) is 4.22. The second-order valence-electron chi connectivity index (χ2n) is 8.03. The number of nitrogens with zero attached hydrogens (tertiary/aromatic N) is 3. The molecule has 32 heavy (non-hydrogen) atoms. The van der Waals surface area contributed by atoms with E-state index in [1.54, 1.807) is 4.90 Å². The Hall–Kier alpha value is -2.91. The number of carbonyl (C=O) groups excluding carboxylic acids is 1. The van der Waals surface area contributed by atoms with Crippen LogP contribution in [0.4, 0.5) is 5.69 Å². The highest BCUT2D eigenvalue weighted by Gasteiger charge is 2.27. The highest BCUT2D eigenvalue weighted by Crippen LogP contribution is 2.24. The second kappa shape index (κ2) is 8.91. The molecule has 0 bridgehead atoms. The zero-order chi connectivity index (χ0) is 22.9. The summed E-state index contributed by atoms with van der Waals surface area (Å²) in [6.07, 6.45) is 2.70. The first kappa shape index (κ1) is 22.3. The molecule has 0 atom stereocenters. The topological polar surface area (TPSA) is 92.8 Å². The van der Waals surface area contributed by atoms with Gasteiger partial charge in [0.25, 0.3) is 0 Å². The summed E-state index contributed by atoms with van der Waals surface area (Å²) < 4.78 is 33.9. The Morgan fingerprint density at radius 3 is 2.53 bits per heavy atom. The van der Waals surface area contributed by atoms with Gasteiger partial charge in [0, 0.05) is 31.4 Å². The Morgan fingerprint density at radius 1 is 1.09 bits per heavy atom. The van der Waals surface area contributed by atoms with Crippen molar-refractivity contribution < 1.29 is 17.6 Å². The highest BCUT2D eigenvalue weighted by atomic mass is 32.2. The molecule has 1 fully saturated rings. The average molecular weight is 458 g/mol. The fourth-order valence-electron chi connectivity index (χ4n) is 4.13. The Bertz CT molecular complexity index is 1300. The van der Waals surface area contributed by atoms with Crippen LogP contribution in [0.25, 0.3) is 11.1 Å². The molecule has 2 aromatic carbocycles. The Labute approximate surface area is 187 Å². The zero-order valence-electron chi connectivity index (χ0n) is 18.3. The van der Waals surface area contributed by atoms with E-state index in [4.69, 9.17) is 4.42 Å². The van der Waals surface area contributed by atoms with Crippen molar-refractivity contribution in [1.29, 1.82) is 0 Å². The summed E-state index contributed by atoms with van der Waals surface area (Å²) in [5, 5.41) is 0. The highest BCUT2D eigenvalue weighted by molar-refractivity contribution is 7.89. The number of hydrogen-bond donors (Lipinski definition) is 0. The third-order valence-corrected chi connectivity index (χ3v) is 7.71. The summed E-state index contributed by atoms with van der Waals surface area (Å²) in [4.78, 5) is 27.2. The molecule has 8 nitrogen and oxygen atoms in total. The number of piperidine rings is 1. The summed E-state index contributed by atoms with van der Waals surface area (Å²) in [5.41, 5.74) is 2.33. The third-order valence-electron chi connectivity index (χ3n) is 5.82. The molecule has 0 aliphatic carbocycles. The van der Waals surface area contributed by atoms with Crippen molar-refractivity contribution in [3.8, 4) is 0 Å². The summed E-state index contributed by atoms with van der Waals surface area (Å²) in [7, 11) is -3.65. The lowest BCUT2D eigenvalue weighted by molar-refractivity contribution is -0.119. The van der Waals surface area contributed by atoms with E-state index in [1.165, 1.54) is 27.1 Å². The number of carbonyl (C=O) groups is 1. The first-order valence-electron chi connectivity index (χ1n) is 10.8. The van der Waals surface area contributed by atoms with E-state index in [-0.39, 0.29) is 22.9 Å². The van der Waals surface area contributed by atoms with Crippen molar-refractivity contribution in [3.05, 3.63) is 58.6 Å². The van der Waals surface area contributed by atoms with Gasteiger partial charge in [-0.2, -0.15) is 4.31 Å². The number of hydrogen-bond acceptors (Lipinski definition) is 5. The summed E-state index contributed by atoms with van der Waals surface area (Å²) in [6.45, 7) is 5.05. The number of likely N-dealkylation sites (N-methyl/N-ethyl adjacent to an activating group) is 1. The average Bonchev–Trinajstić information content (AvgIpc) is 3.09. The van der Waals surface area contributed by atoms with E-state index >= 15 is 0 Å². The van der Waals surface area contributed by atoms with Crippen molar-refractivity contribution in [3.63, 3.8) is 0 Å². The molecule has 0 unspecified atom stereocenters. The normalized spacial score (nSPS) is 15.2. The smallest absolute Gasteiger partial charge is 0.408 e. The number of aromatic nitrogens is 1. The van der Waals surface area contributed by atoms with Gasteiger partial charge >= 0.3 is 5.76 Å². The fraction of sp³-hybridized carbons (Fsp3) is 0.391. The SMILES string of the molecule is CCN(C(=O)Cn1c(=O)oc2cc(S(=O)(=O)N3CCCCC3)ccc21)c1cccc(C)c1. The van der Waals surface area contributed by atoms with Crippen molar-refractivity contribution in [2.75, 3.05) is 24.5 Å². The van der Waals surface area contributed by atoms with Crippen LogP contribution in [-0.4, -0.2) is 42.8 Å². The van der Waals surface area contributed by atoms with Gasteiger partial charge in [0.1, 0.15) is 6.54 Å². The predicted molar refractivity (Wildman–Crippen MR) is 122 cm³/mol. The quantitative estimate of drug-likeness (QED) is 0.567. The van der Waals surface area contributed by atoms with Gasteiger partial charge in [-0.1, -0.05) is 18.6 Å². The summed E-state index contributed by atoms with van der Waals surface area (Å²) >= 11 is 0. The minimum atomic E-state index is -3.65. The standard InChI is InChI=1S/C23H27N3O5S/c1-3-25(18-9-7-8-17(2)14-18)22(27)16-26-20-11-10-19(15-21(20)31-23(26)28)32(29,30)24-12-5-4-6-13-24/h7-11,14-15H,3-6,12-13,16H2,1-2H3. The summed E-state index contributed by atoms with van der Waals surface area (Å²) in [5.74, 6) is -0.950. The van der Waals surface area contributed by atoms with E-state index in [1.807, 2.05) is 38.1 Å². The van der Waals surface area contributed by atoms with Crippen LogP contribution in [-0.2, 0) is 21.4 Å². The maximum absolute atomic E-state index is 13.0. The van der Waals surface area contributed by atoms with Gasteiger partial charge in [-0.25, -0.2) is 13.2 Å². The van der Waals surface area contributed by atoms with Crippen LogP contribution in [0.15, 0.2) is 56.6 Å². The van der Waals surface area contributed by atoms with E-state index in [0.717, 1.165) is 30.5 Å². The van der Waals surface area contributed by atoms with Crippen molar-refractivity contribution >= 4 is 32.7 Å². The maximum atomic E-state index is 13.0. The molecule has 4 rings (SSSR count). The first-order valence-corrected chi connectivity index (χ1v) is 12.3. The van der Waals surface area contributed by atoms with Crippen LogP contribution in [0.1, 0.15) is 31.7 Å². The van der Waals surface area contributed by atoms with E-state index in [0.29, 0.717) is 25.2 Å². The number of amides is 1. The molecule has 1 aliphatic rings. The van der Waals surface area contributed by atoms with Gasteiger partial charge in [0.05, 0.1) is 10.4 Å². The number of benzene rings is 2.